The van der Waals surface area contributed by atoms with E-state index in [9.17, 15) is 9.59 Å². The third-order valence-corrected chi connectivity index (χ3v) is 5.31. The number of methoxy groups -OCH3 is 1. The lowest BCUT2D eigenvalue weighted by atomic mass is 10.1. The van der Waals surface area contributed by atoms with Gasteiger partial charge in [0.15, 0.2) is 18.1 Å². The van der Waals surface area contributed by atoms with E-state index >= 15 is 0 Å². The standard InChI is InChI=1S/C27H23ClN2O5/c1-18-8-11-21(17-22(18)28)30-27(32)26(20-6-4-3-5-7-20)35-25(31)13-10-19-9-12-23(34-15-14-29)24(16-19)33-2/h3-13,16-17,26H,15H2,1-2H3,(H,30,32). The number of amides is 1. The molecule has 7 nitrogen and oxygen atoms in total. The van der Waals surface area contributed by atoms with Gasteiger partial charge in [-0.15, -0.1) is 0 Å². The summed E-state index contributed by atoms with van der Waals surface area (Å²) in [5.41, 5.74) is 2.52. The zero-order valence-electron chi connectivity index (χ0n) is 19.2. The second kappa shape index (κ2) is 12.3. The highest BCUT2D eigenvalue weighted by molar-refractivity contribution is 6.31. The van der Waals surface area contributed by atoms with Gasteiger partial charge in [0, 0.05) is 22.3 Å². The van der Waals surface area contributed by atoms with E-state index in [2.05, 4.69) is 5.32 Å². The number of halogens is 1. The molecule has 0 bridgehead atoms. The first kappa shape index (κ1) is 25.3. The highest BCUT2D eigenvalue weighted by Gasteiger charge is 2.24. The van der Waals surface area contributed by atoms with Crippen LogP contribution in [0.15, 0.2) is 72.8 Å². The summed E-state index contributed by atoms with van der Waals surface area (Å²) in [4.78, 5) is 25.6. The second-order valence-corrected chi connectivity index (χ2v) is 7.78. The topological polar surface area (TPSA) is 97.7 Å². The van der Waals surface area contributed by atoms with Gasteiger partial charge in [-0.3, -0.25) is 4.79 Å². The van der Waals surface area contributed by atoms with E-state index in [0.717, 1.165) is 5.56 Å². The van der Waals surface area contributed by atoms with E-state index < -0.39 is 18.0 Å². The summed E-state index contributed by atoms with van der Waals surface area (Å²) >= 11 is 6.16. The highest BCUT2D eigenvalue weighted by Crippen LogP contribution is 2.29. The molecule has 0 spiro atoms. The molecule has 3 aromatic carbocycles. The Labute approximate surface area is 208 Å². The van der Waals surface area contributed by atoms with Crippen LogP contribution < -0.4 is 14.8 Å². The van der Waals surface area contributed by atoms with Gasteiger partial charge in [-0.05, 0) is 48.4 Å². The van der Waals surface area contributed by atoms with Crippen LogP contribution in [-0.2, 0) is 14.3 Å². The second-order valence-electron chi connectivity index (χ2n) is 7.37. The van der Waals surface area contributed by atoms with E-state index in [1.807, 2.05) is 13.0 Å². The summed E-state index contributed by atoms with van der Waals surface area (Å²) in [7, 11) is 1.47. The van der Waals surface area contributed by atoms with Crippen LogP contribution in [0.1, 0.15) is 22.8 Å². The van der Waals surface area contributed by atoms with Gasteiger partial charge in [0.2, 0.25) is 6.10 Å². The van der Waals surface area contributed by atoms with E-state index in [1.165, 1.54) is 19.3 Å². The minimum Gasteiger partial charge on any atom is -0.493 e. The van der Waals surface area contributed by atoms with E-state index in [0.29, 0.717) is 33.3 Å². The lowest BCUT2D eigenvalue weighted by molar-refractivity contribution is -0.149. The lowest BCUT2D eigenvalue weighted by Crippen LogP contribution is -2.25. The van der Waals surface area contributed by atoms with Gasteiger partial charge in [0.1, 0.15) is 6.07 Å². The van der Waals surface area contributed by atoms with Gasteiger partial charge in [-0.25, -0.2) is 4.79 Å². The number of aryl methyl sites for hydroxylation is 1. The quantitative estimate of drug-likeness (QED) is 0.314. The molecule has 35 heavy (non-hydrogen) atoms. The maximum atomic E-state index is 13.0. The van der Waals surface area contributed by atoms with E-state index in [4.69, 9.17) is 31.1 Å². The first-order valence-corrected chi connectivity index (χ1v) is 11.0. The van der Waals surface area contributed by atoms with Crippen molar-refractivity contribution in [3.8, 4) is 17.6 Å². The monoisotopic (exact) mass is 490 g/mol. The van der Waals surface area contributed by atoms with Crippen LogP contribution in [0, 0.1) is 18.3 Å². The molecule has 3 rings (SSSR count). The van der Waals surface area contributed by atoms with Gasteiger partial charge in [-0.2, -0.15) is 5.26 Å². The summed E-state index contributed by atoms with van der Waals surface area (Å²) in [5.74, 6) is -0.405. The molecule has 1 atom stereocenters. The number of hydrogen-bond donors (Lipinski definition) is 1. The van der Waals surface area contributed by atoms with Gasteiger partial charge in [0.25, 0.3) is 5.91 Å². The van der Waals surface area contributed by atoms with Crippen molar-refractivity contribution >= 4 is 35.2 Å². The molecule has 0 heterocycles. The predicted molar refractivity (Wildman–Crippen MR) is 133 cm³/mol. The van der Waals surface area contributed by atoms with E-state index in [1.54, 1.807) is 66.7 Å². The van der Waals surface area contributed by atoms with Gasteiger partial charge < -0.3 is 19.5 Å². The van der Waals surface area contributed by atoms with Crippen molar-refractivity contribution in [1.29, 1.82) is 5.26 Å². The van der Waals surface area contributed by atoms with Crippen molar-refractivity contribution in [2.45, 2.75) is 13.0 Å². The van der Waals surface area contributed by atoms with Crippen LogP contribution in [-0.4, -0.2) is 25.6 Å². The van der Waals surface area contributed by atoms with Crippen LogP contribution in [0.5, 0.6) is 11.5 Å². The molecule has 0 aliphatic rings. The summed E-state index contributed by atoms with van der Waals surface area (Å²) in [6, 6.07) is 20.7. The van der Waals surface area contributed by atoms with Crippen LogP contribution in [0.4, 0.5) is 5.69 Å². The Bertz CT molecular complexity index is 1270. The maximum Gasteiger partial charge on any atom is 0.331 e. The molecule has 0 fully saturated rings. The van der Waals surface area contributed by atoms with Crippen molar-refractivity contribution in [3.63, 3.8) is 0 Å². The number of nitrogens with zero attached hydrogens (tertiary/aromatic N) is 1. The van der Waals surface area contributed by atoms with Crippen molar-refractivity contribution in [1.82, 2.24) is 0 Å². The van der Waals surface area contributed by atoms with Crippen LogP contribution >= 0.6 is 11.6 Å². The number of ether oxygens (including phenoxy) is 3. The highest BCUT2D eigenvalue weighted by atomic mass is 35.5. The number of rotatable bonds is 9. The van der Waals surface area contributed by atoms with Crippen LogP contribution in [0.25, 0.3) is 6.08 Å². The summed E-state index contributed by atoms with van der Waals surface area (Å²) in [5, 5.41) is 11.9. The summed E-state index contributed by atoms with van der Waals surface area (Å²) in [6.07, 6.45) is 1.57. The number of anilines is 1. The lowest BCUT2D eigenvalue weighted by Gasteiger charge is -2.17. The third-order valence-electron chi connectivity index (χ3n) is 4.91. The SMILES string of the molecule is COc1cc(C=CC(=O)OC(C(=O)Nc2ccc(C)c(Cl)c2)c2ccccc2)ccc1OCC#N. The first-order chi connectivity index (χ1) is 16.9. The molecule has 0 aliphatic heterocycles. The minimum atomic E-state index is -1.18. The molecule has 0 radical (unpaired) electrons. The number of esters is 1. The summed E-state index contributed by atoms with van der Waals surface area (Å²) in [6.45, 7) is 1.74. The molecule has 1 N–H and O–H groups in total. The van der Waals surface area contributed by atoms with Crippen molar-refractivity contribution < 1.29 is 23.8 Å². The molecule has 8 heteroatoms. The molecule has 0 saturated carbocycles. The van der Waals surface area contributed by atoms with Gasteiger partial charge >= 0.3 is 5.97 Å². The molecule has 1 unspecified atom stereocenters. The average molecular weight is 491 g/mol. The van der Waals surface area contributed by atoms with Crippen LogP contribution in [0.3, 0.4) is 0 Å². The third kappa shape index (κ3) is 7.10. The molecule has 0 aromatic heterocycles. The average Bonchev–Trinajstić information content (AvgIpc) is 2.87. The smallest absolute Gasteiger partial charge is 0.331 e. The van der Waals surface area contributed by atoms with Crippen molar-refractivity contribution in [3.05, 3.63) is 94.5 Å². The Morgan fingerprint density at radius 3 is 2.54 bits per heavy atom. The van der Waals surface area contributed by atoms with Crippen LogP contribution in [0.2, 0.25) is 5.02 Å². The molecular weight excluding hydrogens is 468 g/mol. The molecule has 178 valence electrons. The number of nitrogens with one attached hydrogen (secondary N) is 1. The molecule has 1 amide bonds. The molecular formula is C27H23ClN2O5. The fraction of sp³-hybridized carbons (Fsp3) is 0.148. The van der Waals surface area contributed by atoms with Crippen molar-refractivity contribution in [2.24, 2.45) is 0 Å². The summed E-state index contributed by atoms with van der Waals surface area (Å²) < 4.78 is 16.1. The van der Waals surface area contributed by atoms with Gasteiger partial charge in [0.05, 0.1) is 7.11 Å². The minimum absolute atomic E-state index is 0.115. The molecule has 0 aliphatic carbocycles. The van der Waals surface area contributed by atoms with Gasteiger partial charge in [-0.1, -0.05) is 54.1 Å². The Balaban J connectivity index is 1.75. The maximum absolute atomic E-state index is 13.0. The number of hydrogen-bond acceptors (Lipinski definition) is 6. The Morgan fingerprint density at radius 1 is 1.09 bits per heavy atom. The Morgan fingerprint density at radius 2 is 1.86 bits per heavy atom. The Hall–Kier alpha value is -4.28. The fourth-order valence-electron chi connectivity index (χ4n) is 3.12. The number of nitriles is 1. The van der Waals surface area contributed by atoms with E-state index in [-0.39, 0.29) is 6.61 Å². The molecule has 3 aromatic rings. The Kier molecular flexibility index (Phi) is 8.88. The predicted octanol–water partition coefficient (Wildman–Crippen LogP) is 5.50. The number of benzene rings is 3. The largest absolute Gasteiger partial charge is 0.493 e. The zero-order chi connectivity index (χ0) is 25.2. The zero-order valence-corrected chi connectivity index (χ0v) is 19.9. The normalized spacial score (nSPS) is 11.4. The molecule has 0 saturated heterocycles. The number of carbonyl (C=O) groups excluding carboxylic acids is 2. The fourth-order valence-corrected chi connectivity index (χ4v) is 3.30. The number of carbonyl (C=O) groups is 2. The first-order valence-electron chi connectivity index (χ1n) is 10.6. The van der Waals surface area contributed by atoms with Crippen molar-refractivity contribution in [2.75, 3.05) is 19.0 Å².